The van der Waals surface area contributed by atoms with Crippen LogP contribution in [0.3, 0.4) is 0 Å². The SMILES string of the molecule is NC1CCN(c2[nH]nc(-c3ccc(Cl)cc3)c2-c2ccncc2)C1. The average molecular weight is 340 g/mol. The third-order valence-electron chi connectivity index (χ3n) is 4.37. The summed E-state index contributed by atoms with van der Waals surface area (Å²) in [5, 5.41) is 8.52. The van der Waals surface area contributed by atoms with E-state index in [4.69, 9.17) is 17.3 Å². The lowest BCUT2D eigenvalue weighted by molar-refractivity contribution is 0.751. The Kier molecular flexibility index (Phi) is 3.96. The molecule has 0 radical (unpaired) electrons. The van der Waals surface area contributed by atoms with Gasteiger partial charge in [0, 0.05) is 42.1 Å². The molecular formula is C18H18ClN5. The lowest BCUT2D eigenvalue weighted by Crippen LogP contribution is -2.26. The molecule has 0 amide bonds. The van der Waals surface area contributed by atoms with Crippen LogP contribution in [0, 0.1) is 0 Å². The molecule has 3 heterocycles. The van der Waals surface area contributed by atoms with E-state index in [0.717, 1.165) is 47.7 Å². The fourth-order valence-corrected chi connectivity index (χ4v) is 3.29. The van der Waals surface area contributed by atoms with Crippen LogP contribution in [0.4, 0.5) is 5.82 Å². The molecule has 24 heavy (non-hydrogen) atoms. The van der Waals surface area contributed by atoms with Gasteiger partial charge in [0.15, 0.2) is 0 Å². The predicted octanol–water partition coefficient (Wildman–Crippen LogP) is 3.33. The highest BCUT2D eigenvalue weighted by Crippen LogP contribution is 2.38. The van der Waals surface area contributed by atoms with Crippen LogP contribution in [0.25, 0.3) is 22.4 Å². The largest absolute Gasteiger partial charge is 0.355 e. The highest BCUT2D eigenvalue weighted by Gasteiger charge is 2.26. The van der Waals surface area contributed by atoms with E-state index in [1.807, 2.05) is 36.4 Å². The highest BCUT2D eigenvalue weighted by atomic mass is 35.5. The fourth-order valence-electron chi connectivity index (χ4n) is 3.16. The van der Waals surface area contributed by atoms with E-state index in [0.29, 0.717) is 5.02 Å². The van der Waals surface area contributed by atoms with Gasteiger partial charge in [0.05, 0.1) is 5.56 Å². The number of aromatic nitrogens is 3. The fraction of sp³-hybridized carbons (Fsp3) is 0.222. The van der Waals surface area contributed by atoms with E-state index in [1.165, 1.54) is 0 Å². The number of nitrogens with one attached hydrogen (secondary N) is 1. The van der Waals surface area contributed by atoms with Gasteiger partial charge in [-0.25, -0.2) is 0 Å². The van der Waals surface area contributed by atoms with Crippen molar-refractivity contribution in [3.63, 3.8) is 0 Å². The molecule has 2 aromatic heterocycles. The average Bonchev–Trinajstić information content (AvgIpc) is 3.22. The molecule has 1 fully saturated rings. The molecule has 122 valence electrons. The maximum Gasteiger partial charge on any atom is 0.132 e. The lowest BCUT2D eigenvalue weighted by atomic mass is 10.0. The van der Waals surface area contributed by atoms with Gasteiger partial charge >= 0.3 is 0 Å². The number of anilines is 1. The molecule has 3 aromatic rings. The van der Waals surface area contributed by atoms with E-state index in [2.05, 4.69) is 20.1 Å². The lowest BCUT2D eigenvalue weighted by Gasteiger charge is -2.18. The third kappa shape index (κ3) is 2.77. The van der Waals surface area contributed by atoms with Crippen LogP contribution < -0.4 is 10.6 Å². The summed E-state index contributed by atoms with van der Waals surface area (Å²) in [5.41, 5.74) is 10.2. The normalized spacial score (nSPS) is 17.4. The van der Waals surface area contributed by atoms with Gasteiger partial charge < -0.3 is 10.6 Å². The smallest absolute Gasteiger partial charge is 0.132 e. The van der Waals surface area contributed by atoms with Gasteiger partial charge in [-0.15, -0.1) is 0 Å². The van der Waals surface area contributed by atoms with Crippen molar-refractivity contribution in [2.45, 2.75) is 12.5 Å². The van der Waals surface area contributed by atoms with Crippen molar-refractivity contribution < 1.29 is 0 Å². The Labute approximate surface area is 145 Å². The second-order valence-corrected chi connectivity index (χ2v) is 6.47. The van der Waals surface area contributed by atoms with E-state index in [-0.39, 0.29) is 6.04 Å². The van der Waals surface area contributed by atoms with Gasteiger partial charge in [0.1, 0.15) is 11.5 Å². The molecule has 1 aromatic carbocycles. The van der Waals surface area contributed by atoms with Crippen LogP contribution in [-0.4, -0.2) is 34.3 Å². The number of rotatable bonds is 3. The minimum Gasteiger partial charge on any atom is -0.355 e. The first-order chi connectivity index (χ1) is 11.7. The summed E-state index contributed by atoms with van der Waals surface area (Å²) in [7, 11) is 0. The summed E-state index contributed by atoms with van der Waals surface area (Å²) >= 11 is 6.02. The maximum atomic E-state index is 6.09. The standard InChI is InChI=1S/C18H18ClN5/c19-14-3-1-13(2-4-14)17-16(12-5-8-21-9-6-12)18(23-22-17)24-10-7-15(20)11-24/h1-6,8-9,15H,7,10-11,20H2,(H,22,23). The second kappa shape index (κ2) is 6.26. The summed E-state index contributed by atoms with van der Waals surface area (Å²) < 4.78 is 0. The molecule has 1 aliphatic rings. The molecule has 5 nitrogen and oxygen atoms in total. The van der Waals surface area contributed by atoms with Crippen molar-refractivity contribution in [3.8, 4) is 22.4 Å². The molecular weight excluding hydrogens is 322 g/mol. The molecule has 1 saturated heterocycles. The van der Waals surface area contributed by atoms with Gasteiger partial charge in [-0.05, 0) is 36.2 Å². The van der Waals surface area contributed by atoms with Gasteiger partial charge in [0.25, 0.3) is 0 Å². The zero-order valence-electron chi connectivity index (χ0n) is 13.1. The monoisotopic (exact) mass is 339 g/mol. The first kappa shape index (κ1) is 15.2. The first-order valence-corrected chi connectivity index (χ1v) is 8.35. The number of nitrogens with two attached hydrogens (primary N) is 1. The molecule has 0 saturated carbocycles. The Morgan fingerprint density at radius 1 is 1.08 bits per heavy atom. The Balaban J connectivity index is 1.85. The molecule has 1 aliphatic heterocycles. The Morgan fingerprint density at radius 3 is 2.50 bits per heavy atom. The first-order valence-electron chi connectivity index (χ1n) is 7.97. The van der Waals surface area contributed by atoms with Crippen molar-refractivity contribution in [3.05, 3.63) is 53.8 Å². The summed E-state index contributed by atoms with van der Waals surface area (Å²) in [5.74, 6) is 1.01. The summed E-state index contributed by atoms with van der Waals surface area (Å²) in [4.78, 5) is 6.40. The van der Waals surface area contributed by atoms with Crippen molar-refractivity contribution >= 4 is 17.4 Å². The molecule has 6 heteroatoms. The maximum absolute atomic E-state index is 6.09. The third-order valence-corrected chi connectivity index (χ3v) is 4.63. The number of pyridine rings is 1. The minimum absolute atomic E-state index is 0.206. The number of hydrogen-bond acceptors (Lipinski definition) is 4. The topological polar surface area (TPSA) is 70.8 Å². The molecule has 1 unspecified atom stereocenters. The van der Waals surface area contributed by atoms with E-state index in [9.17, 15) is 0 Å². The summed E-state index contributed by atoms with van der Waals surface area (Å²) in [6, 6.07) is 12.0. The minimum atomic E-state index is 0.206. The van der Waals surface area contributed by atoms with Crippen LogP contribution in [0.15, 0.2) is 48.8 Å². The molecule has 0 spiro atoms. The van der Waals surface area contributed by atoms with Gasteiger partial charge in [-0.3, -0.25) is 10.1 Å². The molecule has 3 N–H and O–H groups in total. The van der Waals surface area contributed by atoms with Crippen LogP contribution in [0.2, 0.25) is 5.02 Å². The number of benzene rings is 1. The predicted molar refractivity (Wildman–Crippen MR) is 97.1 cm³/mol. The molecule has 4 rings (SSSR count). The van der Waals surface area contributed by atoms with E-state index < -0.39 is 0 Å². The Morgan fingerprint density at radius 2 is 1.83 bits per heavy atom. The van der Waals surface area contributed by atoms with Gasteiger partial charge in [0.2, 0.25) is 0 Å². The van der Waals surface area contributed by atoms with Crippen LogP contribution >= 0.6 is 11.6 Å². The zero-order chi connectivity index (χ0) is 16.5. The van der Waals surface area contributed by atoms with Crippen LogP contribution in [-0.2, 0) is 0 Å². The Hall–Kier alpha value is -2.37. The second-order valence-electron chi connectivity index (χ2n) is 6.03. The number of H-pyrrole nitrogens is 1. The van der Waals surface area contributed by atoms with Crippen LogP contribution in [0.5, 0.6) is 0 Å². The highest BCUT2D eigenvalue weighted by molar-refractivity contribution is 6.30. The van der Waals surface area contributed by atoms with E-state index in [1.54, 1.807) is 12.4 Å². The van der Waals surface area contributed by atoms with Crippen molar-refractivity contribution in [2.75, 3.05) is 18.0 Å². The van der Waals surface area contributed by atoms with Gasteiger partial charge in [-0.1, -0.05) is 23.7 Å². The van der Waals surface area contributed by atoms with Crippen LogP contribution in [0.1, 0.15) is 6.42 Å². The zero-order valence-corrected chi connectivity index (χ0v) is 13.9. The van der Waals surface area contributed by atoms with E-state index >= 15 is 0 Å². The summed E-state index contributed by atoms with van der Waals surface area (Å²) in [6.07, 6.45) is 4.59. The summed E-state index contributed by atoms with van der Waals surface area (Å²) in [6.45, 7) is 1.77. The van der Waals surface area contributed by atoms with Gasteiger partial charge in [-0.2, -0.15) is 5.10 Å². The number of hydrogen-bond donors (Lipinski definition) is 2. The molecule has 0 bridgehead atoms. The van der Waals surface area contributed by atoms with Crippen molar-refractivity contribution in [2.24, 2.45) is 5.73 Å². The number of halogens is 1. The quantitative estimate of drug-likeness (QED) is 0.767. The molecule has 1 atom stereocenters. The number of nitrogens with zero attached hydrogens (tertiary/aromatic N) is 3. The Bertz CT molecular complexity index is 828. The van der Waals surface area contributed by atoms with Crippen molar-refractivity contribution in [1.82, 2.24) is 15.2 Å². The number of aromatic amines is 1. The molecule has 0 aliphatic carbocycles. The van der Waals surface area contributed by atoms with Crippen molar-refractivity contribution in [1.29, 1.82) is 0 Å².